The molecule has 1 aromatic carbocycles. The number of tetrazole rings is 1. The summed E-state index contributed by atoms with van der Waals surface area (Å²) in [7, 11) is 0. The third-order valence-corrected chi connectivity index (χ3v) is 3.47. The van der Waals surface area contributed by atoms with Crippen LogP contribution in [0.5, 0.6) is 0 Å². The quantitative estimate of drug-likeness (QED) is 0.722. The van der Waals surface area contributed by atoms with E-state index in [1.54, 1.807) is 10.9 Å². The van der Waals surface area contributed by atoms with Gasteiger partial charge in [-0.15, -0.1) is 5.10 Å². The predicted molar refractivity (Wildman–Crippen MR) is 75.2 cm³/mol. The first kappa shape index (κ1) is 12.5. The van der Waals surface area contributed by atoms with Crippen LogP contribution in [0.25, 0.3) is 5.69 Å². The van der Waals surface area contributed by atoms with Crippen molar-refractivity contribution in [2.24, 2.45) is 0 Å². The van der Waals surface area contributed by atoms with E-state index >= 15 is 0 Å². The number of hydrogen-bond acceptors (Lipinski definition) is 7. The lowest BCUT2D eigenvalue weighted by atomic mass is 10.3. The molecule has 0 bridgehead atoms. The lowest BCUT2D eigenvalue weighted by Gasteiger charge is -2.03. The summed E-state index contributed by atoms with van der Waals surface area (Å²) in [4.78, 5) is 8.20. The summed E-state index contributed by atoms with van der Waals surface area (Å²) in [6.07, 6.45) is 3.19. The Hall–Kier alpha value is -2.48. The van der Waals surface area contributed by atoms with E-state index in [-0.39, 0.29) is 0 Å². The van der Waals surface area contributed by atoms with Crippen molar-refractivity contribution in [3.63, 3.8) is 0 Å². The van der Waals surface area contributed by atoms with E-state index in [9.17, 15) is 0 Å². The van der Waals surface area contributed by atoms with E-state index in [1.807, 2.05) is 30.3 Å². The highest BCUT2D eigenvalue weighted by molar-refractivity contribution is 7.98. The minimum absolute atomic E-state index is 0.410. The van der Waals surface area contributed by atoms with Gasteiger partial charge in [0, 0.05) is 5.75 Å². The van der Waals surface area contributed by atoms with Crippen molar-refractivity contribution >= 4 is 17.6 Å². The van der Waals surface area contributed by atoms with Gasteiger partial charge in [-0.1, -0.05) is 30.0 Å². The summed E-state index contributed by atoms with van der Waals surface area (Å²) in [5.41, 5.74) is 7.25. The topological polar surface area (TPSA) is 95.4 Å². The van der Waals surface area contributed by atoms with Crippen LogP contribution >= 0.6 is 11.8 Å². The summed E-state index contributed by atoms with van der Waals surface area (Å²) >= 11 is 1.49. The van der Waals surface area contributed by atoms with Crippen LogP contribution in [-0.4, -0.2) is 30.2 Å². The molecule has 0 saturated carbocycles. The molecule has 2 heterocycles. The molecule has 3 rings (SSSR count). The second-order valence-electron chi connectivity index (χ2n) is 3.93. The molecule has 8 heteroatoms. The molecule has 0 amide bonds. The fourth-order valence-electron chi connectivity index (χ4n) is 1.58. The van der Waals surface area contributed by atoms with Crippen molar-refractivity contribution in [2.75, 3.05) is 5.73 Å². The van der Waals surface area contributed by atoms with Gasteiger partial charge in [-0.05, 0) is 22.6 Å². The van der Waals surface area contributed by atoms with Gasteiger partial charge in [-0.2, -0.15) is 4.68 Å². The maximum atomic E-state index is 5.50. The SMILES string of the molecule is Nc1cnc(CSc2nnnn2-c2ccccc2)cn1. The van der Waals surface area contributed by atoms with Crippen molar-refractivity contribution in [3.8, 4) is 5.69 Å². The Morgan fingerprint density at radius 3 is 2.70 bits per heavy atom. The molecule has 100 valence electrons. The van der Waals surface area contributed by atoms with Crippen molar-refractivity contribution in [2.45, 2.75) is 10.9 Å². The molecular weight excluding hydrogens is 274 g/mol. The van der Waals surface area contributed by atoms with Crippen molar-refractivity contribution in [1.82, 2.24) is 30.2 Å². The van der Waals surface area contributed by atoms with Crippen LogP contribution in [0.4, 0.5) is 5.82 Å². The second-order valence-corrected chi connectivity index (χ2v) is 4.87. The Labute approximate surface area is 119 Å². The van der Waals surface area contributed by atoms with Crippen LogP contribution in [0.3, 0.4) is 0 Å². The average molecular weight is 285 g/mol. The van der Waals surface area contributed by atoms with E-state index in [4.69, 9.17) is 5.73 Å². The van der Waals surface area contributed by atoms with Gasteiger partial charge in [-0.25, -0.2) is 4.98 Å². The number of nitrogen functional groups attached to an aromatic ring is 1. The molecule has 3 aromatic rings. The number of hydrogen-bond donors (Lipinski definition) is 1. The molecule has 0 saturated heterocycles. The monoisotopic (exact) mass is 285 g/mol. The molecule has 2 N–H and O–H groups in total. The van der Waals surface area contributed by atoms with Crippen LogP contribution in [0.1, 0.15) is 5.69 Å². The molecule has 0 spiro atoms. The first-order valence-corrected chi connectivity index (χ1v) is 6.84. The van der Waals surface area contributed by atoms with Crippen molar-refractivity contribution < 1.29 is 0 Å². The van der Waals surface area contributed by atoms with Gasteiger partial charge in [-0.3, -0.25) is 4.98 Å². The molecule has 2 aromatic heterocycles. The zero-order valence-electron chi connectivity index (χ0n) is 10.4. The molecule has 0 radical (unpaired) electrons. The summed E-state index contributed by atoms with van der Waals surface area (Å²) < 4.78 is 1.69. The number of thioether (sulfide) groups is 1. The highest BCUT2D eigenvalue weighted by Gasteiger charge is 2.09. The number of nitrogens with two attached hydrogens (primary N) is 1. The first-order valence-electron chi connectivity index (χ1n) is 5.86. The van der Waals surface area contributed by atoms with E-state index in [1.165, 1.54) is 18.0 Å². The third kappa shape index (κ3) is 2.75. The van der Waals surface area contributed by atoms with Gasteiger partial charge in [0.1, 0.15) is 5.82 Å². The second kappa shape index (κ2) is 5.66. The molecule has 0 unspecified atom stereocenters. The Balaban J connectivity index is 1.76. The molecule has 0 atom stereocenters. The Morgan fingerprint density at radius 1 is 1.10 bits per heavy atom. The summed E-state index contributed by atoms with van der Waals surface area (Å²) in [5, 5.41) is 12.4. The minimum Gasteiger partial charge on any atom is -0.382 e. The number of anilines is 1. The first-order chi connectivity index (χ1) is 9.83. The standard InChI is InChI=1S/C12H11N7S/c13-11-7-14-9(6-15-11)8-20-12-16-17-18-19(12)10-4-2-1-3-5-10/h1-7H,8H2,(H2,13,15). The van der Waals surface area contributed by atoms with E-state index in [0.29, 0.717) is 16.7 Å². The molecule has 0 aliphatic carbocycles. The van der Waals surface area contributed by atoms with Crippen LogP contribution < -0.4 is 5.73 Å². The molecule has 7 nitrogen and oxygen atoms in total. The number of benzene rings is 1. The van der Waals surface area contributed by atoms with Crippen molar-refractivity contribution in [3.05, 3.63) is 48.4 Å². The van der Waals surface area contributed by atoms with Gasteiger partial charge >= 0.3 is 0 Å². The Kier molecular flexibility index (Phi) is 3.55. The lowest BCUT2D eigenvalue weighted by Crippen LogP contribution is -1.99. The zero-order valence-corrected chi connectivity index (χ0v) is 11.2. The van der Waals surface area contributed by atoms with Gasteiger partial charge in [0.25, 0.3) is 0 Å². The molecule has 0 fully saturated rings. The van der Waals surface area contributed by atoms with Crippen LogP contribution in [0, 0.1) is 0 Å². The van der Waals surface area contributed by atoms with Crippen LogP contribution in [-0.2, 0) is 5.75 Å². The molecule has 0 aliphatic rings. The summed E-state index contributed by atoms with van der Waals surface area (Å²) in [5.74, 6) is 1.04. The maximum absolute atomic E-state index is 5.50. The smallest absolute Gasteiger partial charge is 0.214 e. The van der Waals surface area contributed by atoms with Crippen molar-refractivity contribution in [1.29, 1.82) is 0 Å². The third-order valence-electron chi connectivity index (χ3n) is 2.52. The highest BCUT2D eigenvalue weighted by Crippen LogP contribution is 2.21. The summed E-state index contributed by atoms with van der Waals surface area (Å²) in [6.45, 7) is 0. The largest absolute Gasteiger partial charge is 0.382 e. The van der Waals surface area contributed by atoms with Crippen LogP contribution in [0.2, 0.25) is 0 Å². The number of nitrogens with zero attached hydrogens (tertiary/aromatic N) is 6. The van der Waals surface area contributed by atoms with Gasteiger partial charge in [0.15, 0.2) is 0 Å². The van der Waals surface area contributed by atoms with E-state index in [0.717, 1.165) is 11.4 Å². The normalized spacial score (nSPS) is 10.6. The Morgan fingerprint density at radius 2 is 1.95 bits per heavy atom. The summed E-state index contributed by atoms with van der Waals surface area (Å²) in [6, 6.07) is 9.73. The minimum atomic E-state index is 0.410. The van der Waals surface area contributed by atoms with E-state index < -0.39 is 0 Å². The maximum Gasteiger partial charge on any atom is 0.214 e. The van der Waals surface area contributed by atoms with Crippen LogP contribution in [0.15, 0.2) is 47.9 Å². The number of aromatic nitrogens is 6. The predicted octanol–water partition coefficient (Wildman–Crippen LogP) is 1.33. The Bertz CT molecular complexity index is 681. The highest BCUT2D eigenvalue weighted by atomic mass is 32.2. The molecular formula is C12H11N7S. The average Bonchev–Trinajstić information content (AvgIpc) is 2.96. The van der Waals surface area contributed by atoms with E-state index in [2.05, 4.69) is 25.5 Å². The van der Waals surface area contributed by atoms with Gasteiger partial charge in [0.2, 0.25) is 5.16 Å². The zero-order chi connectivity index (χ0) is 13.8. The number of para-hydroxylation sites is 1. The number of rotatable bonds is 4. The fraction of sp³-hybridized carbons (Fsp3) is 0.0833. The molecule has 20 heavy (non-hydrogen) atoms. The fourth-order valence-corrected chi connectivity index (χ4v) is 2.36. The van der Waals surface area contributed by atoms with Gasteiger partial charge < -0.3 is 5.73 Å². The van der Waals surface area contributed by atoms with Gasteiger partial charge in [0.05, 0.1) is 23.8 Å². The lowest BCUT2D eigenvalue weighted by molar-refractivity contribution is 0.756. The molecule has 0 aliphatic heterocycles.